The Balaban J connectivity index is 1.92. The van der Waals surface area contributed by atoms with E-state index in [0.717, 1.165) is 24.7 Å². The van der Waals surface area contributed by atoms with Gasteiger partial charge in [0.15, 0.2) is 5.78 Å². The summed E-state index contributed by atoms with van der Waals surface area (Å²) >= 11 is 0. The van der Waals surface area contributed by atoms with Crippen molar-refractivity contribution in [2.45, 2.75) is 58.0 Å². The van der Waals surface area contributed by atoms with Crippen LogP contribution < -0.4 is 0 Å². The Labute approximate surface area is 98.7 Å². The van der Waals surface area contributed by atoms with Crippen LogP contribution in [-0.2, 0) is 9.53 Å². The molecule has 0 amide bonds. The third-order valence-corrected chi connectivity index (χ3v) is 5.05. The summed E-state index contributed by atoms with van der Waals surface area (Å²) in [5.41, 5.74) is -0.540. The highest BCUT2D eigenvalue weighted by atomic mass is 16.5. The Morgan fingerprint density at radius 3 is 2.56 bits per heavy atom. The smallest absolute Gasteiger partial charge is 0.164 e. The molecule has 0 aliphatic heterocycles. The van der Waals surface area contributed by atoms with E-state index in [1.807, 2.05) is 13.8 Å². The van der Waals surface area contributed by atoms with Gasteiger partial charge in [0, 0.05) is 13.5 Å². The van der Waals surface area contributed by atoms with Crippen LogP contribution in [0, 0.1) is 17.8 Å². The first kappa shape index (κ1) is 12.1. The first-order chi connectivity index (χ1) is 7.59. The van der Waals surface area contributed by atoms with E-state index in [-0.39, 0.29) is 0 Å². The predicted molar refractivity (Wildman–Crippen MR) is 64.3 cm³/mol. The van der Waals surface area contributed by atoms with Gasteiger partial charge in [-0.3, -0.25) is 4.79 Å². The standard InChI is InChI=1S/C14H24O2/c1-4-14(2,16-3)13(15)9-12-8-10-5-6-11(12)7-10/h10-12H,4-9H2,1-3H3. The van der Waals surface area contributed by atoms with E-state index in [9.17, 15) is 4.79 Å². The van der Waals surface area contributed by atoms with Crippen molar-refractivity contribution in [2.24, 2.45) is 17.8 Å². The van der Waals surface area contributed by atoms with E-state index in [1.165, 1.54) is 25.7 Å². The fourth-order valence-electron chi connectivity index (χ4n) is 3.54. The van der Waals surface area contributed by atoms with Crippen molar-refractivity contribution >= 4 is 5.78 Å². The Morgan fingerprint density at radius 1 is 1.38 bits per heavy atom. The number of ether oxygens (including phenoxy) is 1. The van der Waals surface area contributed by atoms with Crippen LogP contribution in [0.5, 0.6) is 0 Å². The minimum Gasteiger partial charge on any atom is -0.371 e. The molecule has 2 aliphatic carbocycles. The lowest BCUT2D eigenvalue weighted by Crippen LogP contribution is -2.38. The highest BCUT2D eigenvalue weighted by molar-refractivity contribution is 5.87. The number of rotatable bonds is 5. The number of hydrogen-bond donors (Lipinski definition) is 0. The lowest BCUT2D eigenvalue weighted by Gasteiger charge is -2.28. The van der Waals surface area contributed by atoms with Crippen molar-refractivity contribution in [3.8, 4) is 0 Å². The van der Waals surface area contributed by atoms with Crippen molar-refractivity contribution in [1.82, 2.24) is 0 Å². The summed E-state index contributed by atoms with van der Waals surface area (Å²) in [5.74, 6) is 2.74. The van der Waals surface area contributed by atoms with Crippen LogP contribution in [0.15, 0.2) is 0 Å². The molecule has 0 radical (unpaired) electrons. The number of carbonyl (C=O) groups excluding carboxylic acids is 1. The van der Waals surface area contributed by atoms with Crippen molar-refractivity contribution < 1.29 is 9.53 Å². The number of methoxy groups -OCH3 is 1. The molecule has 0 N–H and O–H groups in total. The van der Waals surface area contributed by atoms with Gasteiger partial charge in [0.1, 0.15) is 5.60 Å². The maximum absolute atomic E-state index is 12.2. The molecule has 0 aromatic carbocycles. The van der Waals surface area contributed by atoms with Gasteiger partial charge in [0.25, 0.3) is 0 Å². The first-order valence-corrected chi connectivity index (χ1v) is 6.67. The van der Waals surface area contributed by atoms with Gasteiger partial charge in [-0.1, -0.05) is 13.3 Å². The van der Waals surface area contributed by atoms with Crippen molar-refractivity contribution in [2.75, 3.05) is 7.11 Å². The summed E-state index contributed by atoms with van der Waals surface area (Å²) < 4.78 is 5.39. The van der Waals surface area contributed by atoms with Crippen LogP contribution in [0.1, 0.15) is 52.4 Å². The molecule has 0 saturated heterocycles. The zero-order chi connectivity index (χ0) is 11.8. The topological polar surface area (TPSA) is 26.3 Å². The van der Waals surface area contributed by atoms with Crippen LogP contribution >= 0.6 is 0 Å². The van der Waals surface area contributed by atoms with E-state index in [1.54, 1.807) is 7.11 Å². The minimum absolute atomic E-state index is 0.315. The van der Waals surface area contributed by atoms with Gasteiger partial charge >= 0.3 is 0 Å². The number of carbonyl (C=O) groups is 1. The molecule has 4 unspecified atom stereocenters. The summed E-state index contributed by atoms with van der Waals surface area (Å²) in [4.78, 5) is 12.2. The Morgan fingerprint density at radius 2 is 2.12 bits per heavy atom. The molecule has 2 heteroatoms. The summed E-state index contributed by atoms with van der Waals surface area (Å²) in [5, 5.41) is 0. The second-order valence-corrected chi connectivity index (χ2v) is 5.85. The maximum Gasteiger partial charge on any atom is 0.164 e. The van der Waals surface area contributed by atoms with Crippen LogP contribution in [0.2, 0.25) is 0 Å². The average molecular weight is 224 g/mol. The molecule has 0 heterocycles. The minimum atomic E-state index is -0.540. The second-order valence-electron chi connectivity index (χ2n) is 5.85. The zero-order valence-electron chi connectivity index (χ0n) is 10.8. The summed E-state index contributed by atoms with van der Waals surface area (Å²) in [6, 6.07) is 0. The van der Waals surface area contributed by atoms with E-state index in [2.05, 4.69) is 0 Å². The van der Waals surface area contributed by atoms with Crippen molar-refractivity contribution in [3.05, 3.63) is 0 Å². The van der Waals surface area contributed by atoms with Gasteiger partial charge in [-0.05, 0) is 50.4 Å². The van der Waals surface area contributed by atoms with E-state index < -0.39 is 5.60 Å². The normalized spacial score (nSPS) is 36.3. The van der Waals surface area contributed by atoms with Crippen LogP contribution in [-0.4, -0.2) is 18.5 Å². The Hall–Kier alpha value is -0.370. The second kappa shape index (κ2) is 4.48. The van der Waals surface area contributed by atoms with E-state index >= 15 is 0 Å². The molecule has 2 aliphatic rings. The molecule has 2 fully saturated rings. The Bertz CT molecular complexity index is 268. The first-order valence-electron chi connectivity index (χ1n) is 6.67. The Kier molecular flexibility index (Phi) is 3.39. The highest BCUT2D eigenvalue weighted by Gasteiger charge is 2.42. The van der Waals surface area contributed by atoms with Gasteiger partial charge in [0.05, 0.1) is 0 Å². The predicted octanol–water partition coefficient (Wildman–Crippen LogP) is 3.20. The molecule has 0 aromatic heterocycles. The number of hydrogen-bond acceptors (Lipinski definition) is 2. The molecule has 2 bridgehead atoms. The fraction of sp³-hybridized carbons (Fsp3) is 0.929. The number of Topliss-reactive ketones (excluding diaryl/α,β-unsaturated/α-hetero) is 1. The number of ketones is 1. The molecule has 16 heavy (non-hydrogen) atoms. The monoisotopic (exact) mass is 224 g/mol. The van der Waals surface area contributed by atoms with Gasteiger partial charge in [0.2, 0.25) is 0 Å². The van der Waals surface area contributed by atoms with E-state index in [4.69, 9.17) is 4.74 Å². The van der Waals surface area contributed by atoms with Crippen LogP contribution in [0.4, 0.5) is 0 Å². The van der Waals surface area contributed by atoms with Gasteiger partial charge in [-0.2, -0.15) is 0 Å². The SMILES string of the molecule is CCC(C)(OC)C(=O)CC1CC2CCC1C2. The fourth-order valence-corrected chi connectivity index (χ4v) is 3.54. The summed E-state index contributed by atoms with van der Waals surface area (Å²) in [6.45, 7) is 3.96. The van der Waals surface area contributed by atoms with Crippen LogP contribution in [0.3, 0.4) is 0 Å². The average Bonchev–Trinajstić information content (AvgIpc) is 2.89. The molecular weight excluding hydrogens is 200 g/mol. The van der Waals surface area contributed by atoms with Gasteiger partial charge in [-0.15, -0.1) is 0 Å². The van der Waals surface area contributed by atoms with Gasteiger partial charge < -0.3 is 4.74 Å². The molecule has 0 aromatic rings. The third kappa shape index (κ3) is 2.04. The van der Waals surface area contributed by atoms with Crippen molar-refractivity contribution in [3.63, 3.8) is 0 Å². The maximum atomic E-state index is 12.2. The lowest BCUT2D eigenvalue weighted by molar-refractivity contribution is -0.140. The quantitative estimate of drug-likeness (QED) is 0.717. The third-order valence-electron chi connectivity index (χ3n) is 5.05. The molecule has 4 atom stereocenters. The summed E-state index contributed by atoms with van der Waals surface area (Å²) in [6.07, 6.45) is 6.97. The summed E-state index contributed by atoms with van der Waals surface area (Å²) in [7, 11) is 1.65. The highest BCUT2D eigenvalue weighted by Crippen LogP contribution is 2.50. The van der Waals surface area contributed by atoms with Crippen molar-refractivity contribution in [1.29, 1.82) is 0 Å². The molecular formula is C14H24O2. The molecule has 92 valence electrons. The molecule has 0 spiro atoms. The van der Waals surface area contributed by atoms with Gasteiger partial charge in [-0.25, -0.2) is 0 Å². The lowest BCUT2D eigenvalue weighted by atomic mass is 9.81. The number of fused-ring (bicyclic) bond motifs is 2. The zero-order valence-corrected chi connectivity index (χ0v) is 10.8. The molecule has 2 rings (SSSR count). The van der Waals surface area contributed by atoms with Crippen LogP contribution in [0.25, 0.3) is 0 Å². The van der Waals surface area contributed by atoms with E-state index in [0.29, 0.717) is 11.7 Å². The molecule has 2 saturated carbocycles. The molecule has 2 nitrogen and oxygen atoms in total. The largest absolute Gasteiger partial charge is 0.371 e.